The van der Waals surface area contributed by atoms with Gasteiger partial charge in [0.1, 0.15) is 6.33 Å². The van der Waals surface area contributed by atoms with E-state index in [1.54, 1.807) is 0 Å². The number of alkyl halides is 3. The number of aromatic nitrogens is 2. The highest BCUT2D eigenvalue weighted by atomic mass is 19.4. The number of anilines is 1. The Hall–Kier alpha value is -2.13. The van der Waals surface area contributed by atoms with Crippen molar-refractivity contribution in [3.63, 3.8) is 0 Å². The van der Waals surface area contributed by atoms with Gasteiger partial charge in [-0.3, -0.25) is 10.1 Å². The van der Waals surface area contributed by atoms with Gasteiger partial charge in [-0.05, 0) is 6.92 Å². The average Bonchev–Trinajstić information content (AvgIpc) is 2.15. The molecule has 0 radical (unpaired) electrons. The standard InChI is InChI=1S/C7H7F3N4O3/c1-3(7(8,9)10)17-6-4(14(15)16)5(11)12-2-13-6/h2-3H,1H3,(H2,11,12,13). The molecule has 2 N–H and O–H groups in total. The SMILES string of the molecule is CC(Oc1ncnc(N)c1[N+](=O)[O-])C(F)(F)F. The molecule has 94 valence electrons. The van der Waals surface area contributed by atoms with E-state index in [0.717, 1.165) is 6.33 Å². The maximum absolute atomic E-state index is 12.2. The number of nitro groups is 1. The summed E-state index contributed by atoms with van der Waals surface area (Å²) >= 11 is 0. The van der Waals surface area contributed by atoms with Crippen molar-refractivity contribution in [2.75, 3.05) is 5.73 Å². The number of hydrogen-bond acceptors (Lipinski definition) is 6. The highest BCUT2D eigenvalue weighted by molar-refractivity contribution is 5.57. The first-order chi connectivity index (χ1) is 7.73. The molecule has 0 saturated heterocycles. The van der Waals surface area contributed by atoms with E-state index in [-0.39, 0.29) is 0 Å². The molecule has 1 heterocycles. The minimum absolute atomic E-state index is 0.561. The summed E-state index contributed by atoms with van der Waals surface area (Å²) < 4.78 is 41.0. The number of nitrogens with zero attached hydrogens (tertiary/aromatic N) is 3. The normalized spacial score (nSPS) is 13.2. The second kappa shape index (κ2) is 4.39. The zero-order valence-electron chi connectivity index (χ0n) is 8.43. The van der Waals surface area contributed by atoms with Crippen molar-refractivity contribution in [2.45, 2.75) is 19.2 Å². The predicted octanol–water partition coefficient (Wildman–Crippen LogP) is 1.30. The molecule has 17 heavy (non-hydrogen) atoms. The van der Waals surface area contributed by atoms with E-state index >= 15 is 0 Å². The van der Waals surface area contributed by atoms with E-state index < -0.39 is 34.6 Å². The van der Waals surface area contributed by atoms with Crippen LogP contribution in [0.1, 0.15) is 6.92 Å². The lowest BCUT2D eigenvalue weighted by Crippen LogP contribution is -2.31. The third kappa shape index (κ3) is 2.92. The third-order valence-electron chi connectivity index (χ3n) is 1.75. The first-order valence-corrected chi connectivity index (χ1v) is 4.21. The fourth-order valence-electron chi connectivity index (χ4n) is 0.867. The highest BCUT2D eigenvalue weighted by Gasteiger charge is 2.40. The molecular weight excluding hydrogens is 245 g/mol. The van der Waals surface area contributed by atoms with Gasteiger partial charge < -0.3 is 10.5 Å². The van der Waals surface area contributed by atoms with E-state index in [4.69, 9.17) is 5.73 Å². The Morgan fingerprint density at radius 1 is 1.53 bits per heavy atom. The van der Waals surface area contributed by atoms with Crippen molar-refractivity contribution in [2.24, 2.45) is 0 Å². The van der Waals surface area contributed by atoms with Crippen molar-refractivity contribution in [3.05, 3.63) is 16.4 Å². The Balaban J connectivity index is 3.07. The second-order valence-corrected chi connectivity index (χ2v) is 2.97. The van der Waals surface area contributed by atoms with E-state index in [0.29, 0.717) is 6.92 Å². The monoisotopic (exact) mass is 252 g/mol. The molecule has 1 aromatic rings. The van der Waals surface area contributed by atoms with Crippen molar-refractivity contribution in [3.8, 4) is 5.88 Å². The molecule has 1 aromatic heterocycles. The highest BCUT2D eigenvalue weighted by Crippen LogP contribution is 2.32. The molecule has 7 nitrogen and oxygen atoms in total. The number of hydrogen-bond donors (Lipinski definition) is 1. The van der Waals surface area contributed by atoms with Gasteiger partial charge in [0, 0.05) is 0 Å². The van der Waals surface area contributed by atoms with Gasteiger partial charge >= 0.3 is 11.9 Å². The molecule has 1 rings (SSSR count). The lowest BCUT2D eigenvalue weighted by molar-refractivity contribution is -0.386. The number of ether oxygens (including phenoxy) is 1. The van der Waals surface area contributed by atoms with Crippen LogP contribution in [0.2, 0.25) is 0 Å². The topological polar surface area (TPSA) is 104 Å². The predicted molar refractivity (Wildman–Crippen MR) is 49.2 cm³/mol. The van der Waals surface area contributed by atoms with E-state index in [9.17, 15) is 23.3 Å². The minimum Gasteiger partial charge on any atom is -0.460 e. The van der Waals surface area contributed by atoms with Crippen LogP contribution in [0, 0.1) is 10.1 Å². The Kier molecular flexibility index (Phi) is 3.34. The zero-order chi connectivity index (χ0) is 13.2. The summed E-state index contributed by atoms with van der Waals surface area (Å²) in [5, 5.41) is 10.6. The Morgan fingerprint density at radius 3 is 2.59 bits per heavy atom. The van der Waals surface area contributed by atoms with Crippen LogP contribution in [0.3, 0.4) is 0 Å². The number of rotatable bonds is 3. The summed E-state index contributed by atoms with van der Waals surface area (Å²) in [5.74, 6) is -1.37. The van der Waals surface area contributed by atoms with Crippen LogP contribution >= 0.6 is 0 Å². The molecule has 10 heteroatoms. The zero-order valence-corrected chi connectivity index (χ0v) is 8.43. The van der Waals surface area contributed by atoms with Gasteiger partial charge in [0.2, 0.25) is 5.82 Å². The smallest absolute Gasteiger partial charge is 0.425 e. The van der Waals surface area contributed by atoms with Crippen LogP contribution in [0.15, 0.2) is 6.33 Å². The van der Waals surface area contributed by atoms with Gasteiger partial charge in [0.15, 0.2) is 6.10 Å². The average molecular weight is 252 g/mol. The summed E-state index contributed by atoms with van der Waals surface area (Å²) in [6.07, 6.45) is -6.12. The molecule has 0 aliphatic rings. The molecule has 1 atom stereocenters. The third-order valence-corrected chi connectivity index (χ3v) is 1.75. The molecule has 0 bridgehead atoms. The Labute approximate surface area is 92.6 Å². The Morgan fingerprint density at radius 2 is 2.12 bits per heavy atom. The number of halogens is 3. The van der Waals surface area contributed by atoms with Crippen LogP contribution in [-0.2, 0) is 0 Å². The van der Waals surface area contributed by atoms with Crippen molar-refractivity contribution < 1.29 is 22.8 Å². The van der Waals surface area contributed by atoms with Crippen molar-refractivity contribution >= 4 is 11.5 Å². The fraction of sp³-hybridized carbons (Fsp3) is 0.429. The number of nitrogens with two attached hydrogens (primary N) is 1. The maximum Gasteiger partial charge on any atom is 0.425 e. The Bertz CT molecular complexity index is 437. The minimum atomic E-state index is -4.66. The van der Waals surface area contributed by atoms with Crippen LogP contribution in [0.4, 0.5) is 24.7 Å². The van der Waals surface area contributed by atoms with Crippen LogP contribution in [0.5, 0.6) is 5.88 Å². The second-order valence-electron chi connectivity index (χ2n) is 2.97. The summed E-state index contributed by atoms with van der Waals surface area (Å²) in [5.41, 5.74) is 4.27. The van der Waals surface area contributed by atoms with Gasteiger partial charge in [-0.2, -0.15) is 18.2 Å². The summed E-state index contributed by atoms with van der Waals surface area (Å²) in [7, 11) is 0. The van der Waals surface area contributed by atoms with Gasteiger partial charge in [0.25, 0.3) is 5.88 Å². The van der Waals surface area contributed by atoms with Crippen LogP contribution < -0.4 is 10.5 Å². The number of nitrogen functional groups attached to an aromatic ring is 1. The van der Waals surface area contributed by atoms with Gasteiger partial charge in [-0.1, -0.05) is 0 Å². The first kappa shape index (κ1) is 12.9. The molecule has 0 aliphatic carbocycles. The van der Waals surface area contributed by atoms with E-state index in [1.165, 1.54) is 0 Å². The van der Waals surface area contributed by atoms with E-state index in [1.807, 2.05) is 0 Å². The van der Waals surface area contributed by atoms with E-state index in [2.05, 4.69) is 14.7 Å². The maximum atomic E-state index is 12.2. The summed E-state index contributed by atoms with van der Waals surface area (Å²) in [4.78, 5) is 16.1. The van der Waals surface area contributed by atoms with Crippen LogP contribution in [-0.4, -0.2) is 27.2 Å². The summed E-state index contributed by atoms with van der Waals surface area (Å²) in [6.45, 7) is 0.696. The first-order valence-electron chi connectivity index (χ1n) is 4.21. The van der Waals surface area contributed by atoms with Gasteiger partial charge in [-0.25, -0.2) is 4.98 Å². The molecule has 0 aromatic carbocycles. The quantitative estimate of drug-likeness (QED) is 0.642. The molecule has 1 unspecified atom stereocenters. The molecule has 0 fully saturated rings. The lowest BCUT2D eigenvalue weighted by Gasteiger charge is -2.16. The van der Waals surface area contributed by atoms with Crippen molar-refractivity contribution in [1.29, 1.82) is 0 Å². The molecular formula is C7H7F3N4O3. The molecule has 0 aliphatic heterocycles. The molecule has 0 saturated carbocycles. The van der Waals surface area contributed by atoms with Crippen LogP contribution in [0.25, 0.3) is 0 Å². The lowest BCUT2D eigenvalue weighted by atomic mass is 10.4. The van der Waals surface area contributed by atoms with Gasteiger partial charge in [0.05, 0.1) is 4.92 Å². The largest absolute Gasteiger partial charge is 0.460 e. The van der Waals surface area contributed by atoms with Crippen molar-refractivity contribution in [1.82, 2.24) is 9.97 Å². The molecule has 0 spiro atoms. The molecule has 0 amide bonds. The fourth-order valence-corrected chi connectivity index (χ4v) is 0.867. The van der Waals surface area contributed by atoms with Gasteiger partial charge in [-0.15, -0.1) is 0 Å². The summed E-state index contributed by atoms with van der Waals surface area (Å²) in [6, 6.07) is 0.